The number of aromatic nitrogens is 2. The van der Waals surface area contributed by atoms with E-state index in [1.165, 1.54) is 0 Å². The third kappa shape index (κ3) is 3.97. The molecule has 0 saturated carbocycles. The molecule has 23 heavy (non-hydrogen) atoms. The lowest BCUT2D eigenvalue weighted by molar-refractivity contribution is -0.0667. The Morgan fingerprint density at radius 3 is 2.43 bits per heavy atom. The summed E-state index contributed by atoms with van der Waals surface area (Å²) in [6, 6.07) is 0. The molecular weight excluding hydrogens is 405 g/mol. The van der Waals surface area contributed by atoms with Crippen LogP contribution in [0.5, 0.6) is 0 Å². The Morgan fingerprint density at radius 2 is 2.00 bits per heavy atom. The predicted molar refractivity (Wildman–Crippen MR) is 103 cm³/mol. The summed E-state index contributed by atoms with van der Waals surface area (Å²) in [7, 11) is 1.83. The molecule has 0 radical (unpaired) electrons. The van der Waals surface area contributed by atoms with E-state index in [-0.39, 0.29) is 29.5 Å². The van der Waals surface area contributed by atoms with Gasteiger partial charge in [0.15, 0.2) is 11.8 Å². The van der Waals surface area contributed by atoms with Crippen LogP contribution in [0.15, 0.2) is 9.52 Å². The van der Waals surface area contributed by atoms with Crippen LogP contribution in [0.1, 0.15) is 59.2 Å². The quantitative estimate of drug-likeness (QED) is 0.448. The molecule has 1 fully saturated rings. The van der Waals surface area contributed by atoms with Gasteiger partial charge in [-0.15, -0.1) is 24.0 Å². The Bertz CT molecular complexity index is 550. The van der Waals surface area contributed by atoms with E-state index < -0.39 is 0 Å². The highest BCUT2D eigenvalue weighted by atomic mass is 127. The lowest BCUT2D eigenvalue weighted by Gasteiger charge is -2.62. The van der Waals surface area contributed by atoms with Crippen molar-refractivity contribution in [1.82, 2.24) is 20.4 Å². The van der Waals surface area contributed by atoms with E-state index >= 15 is 0 Å². The molecule has 0 bridgehead atoms. The van der Waals surface area contributed by atoms with E-state index in [0.29, 0.717) is 23.6 Å². The van der Waals surface area contributed by atoms with Crippen molar-refractivity contribution in [2.75, 3.05) is 20.1 Å². The number of rotatable bonds is 4. The average molecular weight is 435 g/mol. The molecule has 0 aliphatic carbocycles. The fraction of sp³-hybridized carbons (Fsp3) is 0.812. The van der Waals surface area contributed by atoms with E-state index in [4.69, 9.17) is 4.52 Å². The number of nitrogens with zero attached hydrogens (tertiary/aromatic N) is 4. The Kier molecular flexibility index (Phi) is 6.46. The zero-order valence-electron chi connectivity index (χ0n) is 15.3. The molecule has 1 aliphatic rings. The molecule has 2 heterocycles. The number of hydrogen-bond acceptors (Lipinski definition) is 4. The van der Waals surface area contributed by atoms with Gasteiger partial charge in [-0.05, 0) is 13.8 Å². The standard InChI is InChI=1S/C16H29N5O.HI/c1-11(2)13-19-12(22-20-13)8-9-18-14(17-7)21-10-15(3,4)16(21,5)6;/h11H,8-10H2,1-7H3,(H,17,18);1H. The van der Waals surface area contributed by atoms with Crippen molar-refractivity contribution in [2.24, 2.45) is 10.4 Å². The van der Waals surface area contributed by atoms with Gasteiger partial charge in [0.2, 0.25) is 5.89 Å². The van der Waals surface area contributed by atoms with E-state index in [1.54, 1.807) is 0 Å². The van der Waals surface area contributed by atoms with Crippen molar-refractivity contribution in [3.63, 3.8) is 0 Å². The number of halogens is 1. The SMILES string of the molecule is CN=C(NCCc1nc(C(C)C)no1)N1CC(C)(C)C1(C)C.I. The minimum Gasteiger partial charge on any atom is -0.356 e. The maximum absolute atomic E-state index is 5.26. The average Bonchev–Trinajstić information content (AvgIpc) is 2.90. The van der Waals surface area contributed by atoms with E-state index in [2.05, 4.69) is 66.9 Å². The van der Waals surface area contributed by atoms with Crippen molar-refractivity contribution >= 4 is 29.9 Å². The summed E-state index contributed by atoms with van der Waals surface area (Å²) in [5.74, 6) is 2.68. The Hall–Kier alpha value is -0.860. The van der Waals surface area contributed by atoms with Crippen LogP contribution in [0, 0.1) is 5.41 Å². The van der Waals surface area contributed by atoms with E-state index in [9.17, 15) is 0 Å². The van der Waals surface area contributed by atoms with Crippen LogP contribution in [0.3, 0.4) is 0 Å². The van der Waals surface area contributed by atoms with Gasteiger partial charge in [0.1, 0.15) is 0 Å². The fourth-order valence-electron chi connectivity index (χ4n) is 2.58. The summed E-state index contributed by atoms with van der Waals surface area (Å²) < 4.78 is 5.26. The molecule has 0 unspecified atom stereocenters. The molecular formula is C16H30IN5O. The van der Waals surface area contributed by atoms with Gasteiger partial charge < -0.3 is 14.7 Å². The van der Waals surface area contributed by atoms with Gasteiger partial charge in [0.05, 0.1) is 0 Å². The second-order valence-corrected chi connectivity index (χ2v) is 7.45. The van der Waals surface area contributed by atoms with Gasteiger partial charge in [-0.25, -0.2) is 0 Å². The molecule has 0 spiro atoms. The summed E-state index contributed by atoms with van der Waals surface area (Å²) in [5, 5.41) is 7.38. The van der Waals surface area contributed by atoms with E-state index in [0.717, 1.165) is 24.9 Å². The second-order valence-electron chi connectivity index (χ2n) is 7.45. The van der Waals surface area contributed by atoms with E-state index in [1.807, 2.05) is 7.05 Å². The normalized spacial score (nSPS) is 19.3. The van der Waals surface area contributed by atoms with Crippen molar-refractivity contribution in [3.8, 4) is 0 Å². The molecule has 2 rings (SSSR count). The zero-order valence-corrected chi connectivity index (χ0v) is 17.6. The zero-order chi connectivity index (χ0) is 16.5. The van der Waals surface area contributed by atoms with Crippen LogP contribution in [-0.4, -0.2) is 46.7 Å². The highest BCUT2D eigenvalue weighted by molar-refractivity contribution is 14.0. The first-order valence-electron chi connectivity index (χ1n) is 8.00. The van der Waals surface area contributed by atoms with Gasteiger partial charge in [-0.1, -0.05) is 32.9 Å². The number of aliphatic imine (C=N–C) groups is 1. The van der Waals surface area contributed by atoms with Crippen molar-refractivity contribution < 1.29 is 4.52 Å². The van der Waals surface area contributed by atoms with Crippen molar-refractivity contribution in [3.05, 3.63) is 11.7 Å². The van der Waals surface area contributed by atoms with Gasteiger partial charge in [-0.3, -0.25) is 4.99 Å². The van der Waals surface area contributed by atoms with Crippen LogP contribution in [-0.2, 0) is 6.42 Å². The smallest absolute Gasteiger partial charge is 0.228 e. The lowest BCUT2D eigenvalue weighted by Crippen LogP contribution is -2.72. The Morgan fingerprint density at radius 1 is 1.35 bits per heavy atom. The highest BCUT2D eigenvalue weighted by Crippen LogP contribution is 2.46. The minimum atomic E-state index is 0. The fourth-order valence-corrected chi connectivity index (χ4v) is 2.58. The molecule has 1 aromatic heterocycles. The highest BCUT2D eigenvalue weighted by Gasteiger charge is 2.53. The number of hydrogen-bond donors (Lipinski definition) is 1. The topological polar surface area (TPSA) is 66.5 Å². The largest absolute Gasteiger partial charge is 0.356 e. The first kappa shape index (κ1) is 20.2. The summed E-state index contributed by atoms with van der Waals surface area (Å²) in [4.78, 5) is 11.1. The minimum absolute atomic E-state index is 0. The molecule has 7 heteroatoms. The van der Waals surface area contributed by atoms with Crippen LogP contribution in [0.2, 0.25) is 0 Å². The van der Waals surface area contributed by atoms with Gasteiger partial charge >= 0.3 is 0 Å². The van der Waals surface area contributed by atoms with Crippen LogP contribution >= 0.6 is 24.0 Å². The monoisotopic (exact) mass is 435 g/mol. The van der Waals surface area contributed by atoms with Gasteiger partial charge in [0, 0.05) is 43.4 Å². The van der Waals surface area contributed by atoms with Crippen LogP contribution in [0.4, 0.5) is 0 Å². The van der Waals surface area contributed by atoms with Gasteiger partial charge in [0.25, 0.3) is 0 Å². The third-order valence-electron chi connectivity index (χ3n) is 4.97. The lowest BCUT2D eigenvalue weighted by atomic mass is 9.65. The molecule has 1 aliphatic heterocycles. The molecule has 0 aromatic carbocycles. The molecule has 132 valence electrons. The number of likely N-dealkylation sites (tertiary alicyclic amines) is 1. The summed E-state index contributed by atoms with van der Waals surface area (Å²) in [6.45, 7) is 15.0. The second kappa shape index (κ2) is 7.36. The Labute approximate surface area is 156 Å². The Balaban J connectivity index is 0.00000264. The van der Waals surface area contributed by atoms with Crippen LogP contribution in [0.25, 0.3) is 0 Å². The third-order valence-corrected chi connectivity index (χ3v) is 4.97. The predicted octanol–water partition coefficient (Wildman–Crippen LogP) is 3.05. The van der Waals surface area contributed by atoms with Gasteiger partial charge in [-0.2, -0.15) is 4.98 Å². The molecule has 0 atom stereocenters. The number of nitrogens with one attached hydrogen (secondary N) is 1. The number of guanidine groups is 1. The van der Waals surface area contributed by atoms with Crippen molar-refractivity contribution in [1.29, 1.82) is 0 Å². The molecule has 1 N–H and O–H groups in total. The molecule has 1 saturated heterocycles. The molecule has 1 aromatic rings. The maximum Gasteiger partial charge on any atom is 0.228 e. The maximum atomic E-state index is 5.26. The van der Waals surface area contributed by atoms with Crippen molar-refractivity contribution in [2.45, 2.75) is 59.4 Å². The van der Waals surface area contributed by atoms with Crippen LogP contribution < -0.4 is 5.32 Å². The summed E-state index contributed by atoms with van der Waals surface area (Å²) in [5.41, 5.74) is 0.396. The summed E-state index contributed by atoms with van der Waals surface area (Å²) in [6.07, 6.45) is 0.705. The first-order chi connectivity index (χ1) is 10.2. The first-order valence-corrected chi connectivity index (χ1v) is 8.00. The molecule has 0 amide bonds. The summed E-state index contributed by atoms with van der Waals surface area (Å²) >= 11 is 0. The molecule has 6 nitrogen and oxygen atoms in total.